The zero-order valence-electron chi connectivity index (χ0n) is 42.8. The third-order valence-electron chi connectivity index (χ3n) is 13.1. The van der Waals surface area contributed by atoms with Gasteiger partial charge in [0.15, 0.2) is 0 Å². The lowest BCUT2D eigenvalue weighted by Gasteiger charge is -2.32. The van der Waals surface area contributed by atoms with Gasteiger partial charge in [-0.25, -0.2) is 0 Å². The van der Waals surface area contributed by atoms with Gasteiger partial charge in [-0.1, -0.05) is 27.2 Å². The maximum atomic E-state index is 15.0. The number of phenolic OH excluding ortho intramolecular Hbond substituents is 1. The molecule has 2 aliphatic heterocycles. The minimum Gasteiger partial charge on any atom is -0.508 e. The van der Waals surface area contributed by atoms with Crippen molar-refractivity contribution in [1.82, 2.24) is 47.1 Å². The van der Waals surface area contributed by atoms with Crippen LogP contribution in [0.15, 0.2) is 17.2 Å². The highest BCUT2D eigenvalue weighted by Gasteiger charge is 2.44. The fourth-order valence-corrected chi connectivity index (χ4v) is 10.9. The number of carbonyl (C=O) groups excluding carboxylic acids is 10. The van der Waals surface area contributed by atoms with Crippen LogP contribution in [-0.2, 0) is 70.9 Å². The molecular weight excluding hydrogens is 1040 g/mol. The maximum Gasteiger partial charge on any atom is 0.246 e. The van der Waals surface area contributed by atoms with Gasteiger partial charge in [-0.05, 0) is 43.4 Å². The van der Waals surface area contributed by atoms with Crippen LogP contribution < -0.4 is 54.4 Å². The topological polar surface area (TPSA) is 450 Å². The van der Waals surface area contributed by atoms with Crippen LogP contribution in [0.25, 0.3) is 10.9 Å². The molecule has 0 spiro atoms. The van der Waals surface area contributed by atoms with E-state index in [0.717, 1.165) is 4.90 Å². The average Bonchev–Trinajstić information content (AvgIpc) is 3.94. The summed E-state index contributed by atoms with van der Waals surface area (Å²) in [5.41, 5.74) is 17.1. The molecule has 2 aliphatic rings. The van der Waals surface area contributed by atoms with Crippen LogP contribution in [0.5, 0.6) is 5.75 Å². The molecule has 4 unspecified atom stereocenters. The van der Waals surface area contributed by atoms with Crippen LogP contribution >= 0.6 is 11.8 Å². The van der Waals surface area contributed by atoms with Crippen LogP contribution in [-0.4, -0.2) is 186 Å². The van der Waals surface area contributed by atoms with Crippen molar-refractivity contribution in [3.05, 3.63) is 23.3 Å². The van der Waals surface area contributed by atoms with Crippen molar-refractivity contribution in [1.29, 1.82) is 0 Å². The molecule has 76 heavy (non-hydrogen) atoms. The van der Waals surface area contributed by atoms with Crippen LogP contribution in [0.4, 0.5) is 0 Å². The van der Waals surface area contributed by atoms with Crippen molar-refractivity contribution < 1.29 is 72.6 Å². The molecule has 1 saturated heterocycles. The number of thioether (sulfide) groups is 1. The minimum atomic E-state index is -2.35. The van der Waals surface area contributed by atoms with Crippen LogP contribution in [0.3, 0.4) is 0 Å². The van der Waals surface area contributed by atoms with Gasteiger partial charge in [-0.15, -0.1) is 0 Å². The lowest BCUT2D eigenvalue weighted by atomic mass is 9.94. The molecule has 0 saturated carbocycles. The lowest BCUT2D eigenvalue weighted by molar-refractivity contribution is -0.144. The van der Waals surface area contributed by atoms with Gasteiger partial charge in [-0.2, -0.15) is 11.8 Å². The highest BCUT2D eigenvalue weighted by Crippen LogP contribution is 2.35. The van der Waals surface area contributed by atoms with Gasteiger partial charge < -0.3 is 84.7 Å². The number of rotatable bonds is 22. The Kier molecular flexibility index (Phi) is 23.9. The van der Waals surface area contributed by atoms with Crippen molar-refractivity contribution in [2.75, 3.05) is 44.3 Å². The molecule has 1 aromatic carbocycles. The summed E-state index contributed by atoms with van der Waals surface area (Å²) < 4.78 is 15.0. The summed E-state index contributed by atoms with van der Waals surface area (Å²) in [6, 6.07) is -5.85. The van der Waals surface area contributed by atoms with E-state index in [4.69, 9.17) is 17.2 Å². The molecule has 10 amide bonds. The highest BCUT2D eigenvalue weighted by atomic mass is 32.2. The number of hydrogen-bond donors (Lipinski definition) is 15. The summed E-state index contributed by atoms with van der Waals surface area (Å²) in [5, 5.41) is 60.8. The van der Waals surface area contributed by atoms with E-state index in [0.29, 0.717) is 28.7 Å². The molecule has 0 radical (unpaired) electrons. The van der Waals surface area contributed by atoms with E-state index in [1.54, 1.807) is 20.8 Å². The SMILES string of the molecule is CC[C@H](C)[C@H](NC(=O)CN)C(=O)NCC(=O)NC1CS(=O)c2[nH]c3c(CSCCNC(=O)CCCC(N)=O)c(O)ccc3c2C[C@@H](C)NC(=O)C([C@@H](C)[C@@H](O)CO)NC(=O)[C@@H]2C[C@@H](O)CN2C(=O)C(CC(N)=O)NC1=O. The summed E-state index contributed by atoms with van der Waals surface area (Å²) in [6.07, 6.45) is -3.36. The van der Waals surface area contributed by atoms with Crippen LogP contribution in [0, 0.1) is 11.8 Å². The maximum absolute atomic E-state index is 15.0. The number of primary amides is 2. The molecule has 3 heterocycles. The second-order valence-electron chi connectivity index (χ2n) is 19.0. The highest BCUT2D eigenvalue weighted by molar-refractivity contribution is 7.98. The monoisotopic (exact) mass is 1110 g/mol. The number of carbonyl (C=O) groups is 10. The normalized spacial score (nSPS) is 23.2. The Morgan fingerprint density at radius 1 is 0.947 bits per heavy atom. The number of aliphatic hydroxyl groups is 3. The smallest absolute Gasteiger partial charge is 0.246 e. The number of nitrogens with zero attached hydrogens (tertiary/aromatic N) is 1. The van der Waals surface area contributed by atoms with Crippen molar-refractivity contribution in [2.24, 2.45) is 29.0 Å². The predicted molar refractivity (Wildman–Crippen MR) is 276 cm³/mol. The van der Waals surface area contributed by atoms with Gasteiger partial charge in [0, 0.05) is 66.8 Å². The molecule has 0 aliphatic carbocycles. The van der Waals surface area contributed by atoms with Crippen LogP contribution in [0.1, 0.15) is 77.3 Å². The van der Waals surface area contributed by atoms with Crippen LogP contribution in [0.2, 0.25) is 0 Å². The number of benzene rings is 1. The lowest BCUT2D eigenvalue weighted by Crippen LogP contribution is -2.61. The molecule has 29 heteroatoms. The largest absolute Gasteiger partial charge is 0.508 e. The first-order valence-electron chi connectivity index (χ1n) is 24.8. The molecule has 11 atom stereocenters. The molecule has 1 aromatic heterocycles. The van der Waals surface area contributed by atoms with Gasteiger partial charge >= 0.3 is 0 Å². The van der Waals surface area contributed by atoms with Crippen molar-refractivity contribution in [3.8, 4) is 5.75 Å². The third kappa shape index (κ3) is 17.3. The number of aromatic nitrogens is 1. The Morgan fingerprint density at radius 2 is 1.66 bits per heavy atom. The summed E-state index contributed by atoms with van der Waals surface area (Å²) in [7, 11) is -2.35. The number of amides is 10. The zero-order chi connectivity index (χ0) is 56.6. The van der Waals surface area contributed by atoms with E-state index in [2.05, 4.69) is 42.2 Å². The molecule has 0 bridgehead atoms. The average molecular weight is 1110 g/mol. The van der Waals surface area contributed by atoms with Gasteiger partial charge in [0.05, 0.1) is 60.4 Å². The zero-order valence-corrected chi connectivity index (χ0v) is 44.4. The number of hydrogen-bond acceptors (Lipinski definition) is 17. The van der Waals surface area contributed by atoms with Crippen molar-refractivity contribution >= 4 is 92.5 Å². The second kappa shape index (κ2) is 29.2. The van der Waals surface area contributed by atoms with E-state index in [1.807, 2.05) is 0 Å². The number of fused-ring (bicyclic) bond motifs is 4. The Hall–Kier alpha value is -6.40. The molecule has 1 fully saturated rings. The molecular formula is C47H72N12O15S2. The number of aromatic hydroxyl groups is 1. The minimum absolute atomic E-state index is 0.0442. The molecule has 4 rings (SSSR count). The van der Waals surface area contributed by atoms with Gasteiger partial charge in [0.25, 0.3) is 0 Å². The fourth-order valence-electron chi connectivity index (χ4n) is 8.65. The van der Waals surface area contributed by atoms with E-state index in [9.17, 15) is 72.6 Å². The predicted octanol–water partition coefficient (Wildman–Crippen LogP) is -5.07. The summed E-state index contributed by atoms with van der Waals surface area (Å²) in [6.45, 7) is 4.13. The molecule has 27 nitrogen and oxygen atoms in total. The van der Waals surface area contributed by atoms with Crippen molar-refractivity contribution in [2.45, 2.75) is 132 Å². The summed E-state index contributed by atoms with van der Waals surface area (Å²) in [4.78, 5) is 136. The van der Waals surface area contributed by atoms with E-state index in [-0.39, 0.29) is 66.6 Å². The van der Waals surface area contributed by atoms with Crippen molar-refractivity contribution in [3.63, 3.8) is 0 Å². The Balaban J connectivity index is 1.82. The number of aliphatic hydroxyl groups excluding tert-OH is 3. The van der Waals surface area contributed by atoms with E-state index in [1.165, 1.54) is 30.8 Å². The third-order valence-corrected chi connectivity index (χ3v) is 15.5. The first kappa shape index (κ1) is 62.1. The van der Waals surface area contributed by atoms with Gasteiger partial charge in [-0.3, -0.25) is 52.2 Å². The first-order valence-corrected chi connectivity index (χ1v) is 27.3. The number of aromatic amines is 1. The molecule has 2 aromatic rings. The summed E-state index contributed by atoms with van der Waals surface area (Å²) >= 11 is 1.32. The Morgan fingerprint density at radius 3 is 2.30 bits per heavy atom. The van der Waals surface area contributed by atoms with Gasteiger partial charge in [0.1, 0.15) is 41.0 Å². The first-order chi connectivity index (χ1) is 35.9. The molecule has 18 N–H and O–H groups in total. The fraction of sp³-hybridized carbons (Fsp3) is 0.617. The second-order valence-corrected chi connectivity index (χ2v) is 21.5. The van der Waals surface area contributed by atoms with E-state index < -0.39 is 163 Å². The quantitative estimate of drug-likeness (QED) is 0.0491. The van der Waals surface area contributed by atoms with E-state index >= 15 is 0 Å². The molecule has 422 valence electrons. The Bertz CT molecular complexity index is 2500. The number of H-pyrrole nitrogens is 1. The number of nitrogens with two attached hydrogens (primary N) is 3. The standard InChI is InChI=1S/C47H72N12O15S2/c1-5-22(2)39(56-37(67)16-48)44(71)52-17-38(68)54-30-21-76(74)46-27(26-9-10-32(62)28(41(26)58-46)20-75-12-11-51-36(66)8-6-7-34(49)64)13-23(3)53-45(72)40(24(4)33(63)19-60)57-43(70)31-14-25(61)18-59(31)47(73)29(15-35(50)65)55-42(30)69/h9-10,22-25,29-31,33,39-40,58,60-63H,5-8,11-21,48H2,1-4H3,(H2,49,64)(H2,50,65)(H,51,66)(H,52,71)(H,53,72)(H,54,68)(H,55,69)(H,56,67)(H,57,70)/t22-,23+,24-,25+,29?,30?,31-,33-,39-,40?,76?/m0/s1. The van der Waals surface area contributed by atoms with Gasteiger partial charge in [0.2, 0.25) is 59.1 Å². The number of nitrogens with one attached hydrogen (secondary N) is 8. The summed E-state index contributed by atoms with van der Waals surface area (Å²) in [5.74, 6) is -10.4. The number of phenols is 1. The Labute approximate surface area is 444 Å².